The van der Waals surface area contributed by atoms with E-state index < -0.39 is 6.17 Å². The van der Waals surface area contributed by atoms with Crippen LogP contribution in [0.5, 0.6) is 0 Å². The molecule has 1 amide bonds. The molecule has 4 rings (SSSR count). The molecule has 1 aromatic carbocycles. The maximum atomic E-state index is 14.0. The highest BCUT2D eigenvalue weighted by Crippen LogP contribution is 2.43. The average molecular weight is 330 g/mol. The molecule has 0 spiro atoms. The van der Waals surface area contributed by atoms with Crippen molar-refractivity contribution in [2.24, 2.45) is 5.92 Å². The van der Waals surface area contributed by atoms with Gasteiger partial charge in [0.2, 0.25) is 0 Å². The van der Waals surface area contributed by atoms with Crippen molar-refractivity contribution in [2.75, 3.05) is 5.32 Å². The molecule has 120 valence electrons. The number of fused-ring (bicyclic) bond motifs is 3. The van der Waals surface area contributed by atoms with Crippen LogP contribution in [0.1, 0.15) is 52.3 Å². The van der Waals surface area contributed by atoms with Crippen LogP contribution in [0.15, 0.2) is 24.3 Å². The fraction of sp³-hybridized carbons (Fsp3) is 0.389. The largest absolute Gasteiger partial charge is 0.353 e. The Morgan fingerprint density at radius 2 is 2.13 bits per heavy atom. The topological polar surface area (TPSA) is 41.1 Å². The zero-order valence-electron chi connectivity index (χ0n) is 13.0. The van der Waals surface area contributed by atoms with Gasteiger partial charge < -0.3 is 10.6 Å². The molecule has 0 bridgehead atoms. The first kappa shape index (κ1) is 14.7. The second-order valence-corrected chi connectivity index (χ2v) is 7.40. The SMILES string of the molecule is CC[C@H]1CCc2c(sc3c2C(=O)N[C@@H](c2ccccc2F)N3)C1. The molecule has 5 heteroatoms. The molecule has 0 unspecified atom stereocenters. The Hall–Kier alpha value is -1.88. The van der Waals surface area contributed by atoms with Crippen molar-refractivity contribution < 1.29 is 9.18 Å². The van der Waals surface area contributed by atoms with Crippen LogP contribution in [0.25, 0.3) is 0 Å². The second kappa shape index (κ2) is 5.64. The molecular formula is C18H19FN2OS. The van der Waals surface area contributed by atoms with Gasteiger partial charge in [-0.2, -0.15) is 0 Å². The quantitative estimate of drug-likeness (QED) is 0.864. The van der Waals surface area contributed by atoms with E-state index in [-0.39, 0.29) is 11.7 Å². The van der Waals surface area contributed by atoms with E-state index in [0.717, 1.165) is 29.8 Å². The van der Waals surface area contributed by atoms with Crippen molar-refractivity contribution in [3.63, 3.8) is 0 Å². The number of carbonyl (C=O) groups excluding carboxylic acids is 1. The standard InChI is InChI=1S/C18H19FN2OS/c1-2-10-7-8-12-14(9-10)23-18-15(12)17(22)20-16(21-18)11-5-3-4-6-13(11)19/h3-6,10,16,21H,2,7-9H2,1H3,(H,20,22)/t10-,16+/m0/s1. The molecule has 1 aromatic heterocycles. The number of anilines is 1. The summed E-state index contributed by atoms with van der Waals surface area (Å²) in [5.41, 5.74) is 2.46. The molecule has 3 nitrogen and oxygen atoms in total. The Labute approximate surface area is 138 Å². The average Bonchev–Trinajstić information content (AvgIpc) is 2.92. The van der Waals surface area contributed by atoms with Gasteiger partial charge in [0.05, 0.1) is 5.56 Å². The number of thiophene rings is 1. The van der Waals surface area contributed by atoms with Crippen LogP contribution in [0.3, 0.4) is 0 Å². The number of benzene rings is 1. The first-order valence-corrected chi connectivity index (χ1v) is 8.95. The van der Waals surface area contributed by atoms with Gasteiger partial charge in [-0.15, -0.1) is 11.3 Å². The molecule has 2 atom stereocenters. The van der Waals surface area contributed by atoms with Crippen LogP contribution >= 0.6 is 11.3 Å². The van der Waals surface area contributed by atoms with E-state index in [9.17, 15) is 9.18 Å². The predicted molar refractivity (Wildman–Crippen MR) is 90.4 cm³/mol. The van der Waals surface area contributed by atoms with Crippen LogP contribution in [-0.4, -0.2) is 5.91 Å². The molecule has 2 aliphatic rings. The van der Waals surface area contributed by atoms with E-state index in [0.29, 0.717) is 11.5 Å². The Balaban J connectivity index is 1.69. The summed E-state index contributed by atoms with van der Waals surface area (Å²) >= 11 is 1.67. The van der Waals surface area contributed by atoms with Crippen LogP contribution < -0.4 is 10.6 Å². The van der Waals surface area contributed by atoms with Crippen LogP contribution in [-0.2, 0) is 12.8 Å². The lowest BCUT2D eigenvalue weighted by molar-refractivity contribution is 0.0934. The summed E-state index contributed by atoms with van der Waals surface area (Å²) in [6.45, 7) is 2.22. The van der Waals surface area contributed by atoms with Crippen molar-refractivity contribution in [3.05, 3.63) is 51.7 Å². The van der Waals surface area contributed by atoms with Gasteiger partial charge in [-0.25, -0.2) is 4.39 Å². The van der Waals surface area contributed by atoms with Gasteiger partial charge in [-0.05, 0) is 36.8 Å². The van der Waals surface area contributed by atoms with Crippen molar-refractivity contribution in [1.82, 2.24) is 5.32 Å². The third-order valence-corrected chi connectivity index (χ3v) is 6.12. The Kier molecular flexibility index (Phi) is 3.60. The lowest BCUT2D eigenvalue weighted by atomic mass is 9.85. The highest BCUT2D eigenvalue weighted by Gasteiger charge is 2.34. The van der Waals surface area contributed by atoms with Gasteiger partial charge in [-0.3, -0.25) is 4.79 Å². The highest BCUT2D eigenvalue weighted by molar-refractivity contribution is 7.16. The van der Waals surface area contributed by atoms with E-state index in [1.807, 2.05) is 0 Å². The summed E-state index contributed by atoms with van der Waals surface area (Å²) in [5.74, 6) is 0.327. The van der Waals surface area contributed by atoms with Gasteiger partial charge in [0, 0.05) is 10.4 Å². The Morgan fingerprint density at radius 3 is 2.91 bits per heavy atom. The Morgan fingerprint density at radius 1 is 1.30 bits per heavy atom. The molecule has 2 aromatic rings. The lowest BCUT2D eigenvalue weighted by Crippen LogP contribution is -2.38. The first-order chi connectivity index (χ1) is 11.2. The molecule has 23 heavy (non-hydrogen) atoms. The maximum absolute atomic E-state index is 14.0. The summed E-state index contributed by atoms with van der Waals surface area (Å²) in [4.78, 5) is 13.9. The van der Waals surface area contributed by atoms with Gasteiger partial charge in [0.15, 0.2) is 0 Å². The number of hydrogen-bond donors (Lipinski definition) is 2. The van der Waals surface area contributed by atoms with E-state index in [4.69, 9.17) is 0 Å². The fourth-order valence-corrected chi connectivity index (χ4v) is 4.97. The number of halogens is 1. The zero-order valence-corrected chi connectivity index (χ0v) is 13.8. The van der Waals surface area contributed by atoms with Gasteiger partial charge in [-0.1, -0.05) is 31.5 Å². The van der Waals surface area contributed by atoms with Gasteiger partial charge in [0.25, 0.3) is 5.91 Å². The minimum absolute atomic E-state index is 0.0838. The smallest absolute Gasteiger partial charge is 0.256 e. The number of hydrogen-bond acceptors (Lipinski definition) is 3. The monoisotopic (exact) mass is 330 g/mol. The van der Waals surface area contributed by atoms with Crippen LogP contribution in [0.2, 0.25) is 0 Å². The summed E-state index contributed by atoms with van der Waals surface area (Å²) < 4.78 is 14.0. The molecule has 0 saturated heterocycles. The molecule has 0 radical (unpaired) electrons. The molecular weight excluding hydrogens is 311 g/mol. The zero-order chi connectivity index (χ0) is 16.0. The van der Waals surface area contributed by atoms with Gasteiger partial charge >= 0.3 is 0 Å². The summed E-state index contributed by atoms with van der Waals surface area (Å²) in [6.07, 6.45) is 3.86. The van der Waals surface area contributed by atoms with Crippen LogP contribution in [0.4, 0.5) is 9.39 Å². The van der Waals surface area contributed by atoms with Crippen molar-refractivity contribution in [2.45, 2.75) is 38.8 Å². The number of rotatable bonds is 2. The lowest BCUT2D eigenvalue weighted by Gasteiger charge is -2.27. The van der Waals surface area contributed by atoms with Crippen molar-refractivity contribution >= 4 is 22.2 Å². The summed E-state index contributed by atoms with van der Waals surface area (Å²) in [6, 6.07) is 6.57. The van der Waals surface area contributed by atoms with Crippen molar-refractivity contribution in [3.8, 4) is 0 Å². The fourth-order valence-electron chi connectivity index (χ4n) is 3.58. The van der Waals surface area contributed by atoms with E-state index >= 15 is 0 Å². The third-order valence-electron chi connectivity index (χ3n) is 4.94. The molecule has 1 aliphatic heterocycles. The molecule has 0 fully saturated rings. The van der Waals surface area contributed by atoms with Gasteiger partial charge in [0.1, 0.15) is 17.0 Å². The molecule has 2 heterocycles. The number of carbonyl (C=O) groups is 1. The molecule has 2 N–H and O–H groups in total. The third kappa shape index (κ3) is 2.43. The van der Waals surface area contributed by atoms with Crippen molar-refractivity contribution in [1.29, 1.82) is 0 Å². The van der Waals surface area contributed by atoms with E-state index in [1.165, 1.54) is 22.9 Å². The van der Waals surface area contributed by atoms with Crippen LogP contribution in [0, 0.1) is 11.7 Å². The molecule has 1 aliphatic carbocycles. The second-order valence-electron chi connectivity index (χ2n) is 6.30. The summed E-state index contributed by atoms with van der Waals surface area (Å²) in [5, 5.41) is 7.12. The highest BCUT2D eigenvalue weighted by atomic mass is 32.1. The first-order valence-electron chi connectivity index (χ1n) is 8.13. The van der Waals surface area contributed by atoms with E-state index in [2.05, 4.69) is 17.6 Å². The molecule has 0 saturated carbocycles. The van der Waals surface area contributed by atoms with E-state index in [1.54, 1.807) is 29.5 Å². The number of nitrogens with one attached hydrogen (secondary N) is 2. The number of amides is 1. The minimum Gasteiger partial charge on any atom is -0.353 e. The normalized spacial score (nSPS) is 22.8. The summed E-state index contributed by atoms with van der Waals surface area (Å²) in [7, 11) is 0. The maximum Gasteiger partial charge on any atom is 0.256 e. The minimum atomic E-state index is -0.502. The Bertz CT molecular complexity index is 770. The predicted octanol–water partition coefficient (Wildman–Crippen LogP) is 4.26.